The number of fused-ring (bicyclic) bond motifs is 2. The molecule has 1 aromatic heterocycles. The monoisotopic (exact) mass is 445 g/mol. The fourth-order valence-electron chi connectivity index (χ4n) is 5.88. The van der Waals surface area contributed by atoms with Crippen molar-refractivity contribution in [3.63, 3.8) is 0 Å². The number of likely N-dealkylation sites (tertiary alicyclic amines) is 1. The van der Waals surface area contributed by atoms with Gasteiger partial charge >= 0.3 is 0 Å². The molecule has 6 heteroatoms. The molecule has 33 heavy (non-hydrogen) atoms. The molecule has 5 rings (SSSR count). The lowest BCUT2D eigenvalue weighted by atomic mass is 9.71. The van der Waals surface area contributed by atoms with Gasteiger partial charge in [-0.25, -0.2) is 0 Å². The van der Waals surface area contributed by atoms with E-state index in [2.05, 4.69) is 34.6 Å². The summed E-state index contributed by atoms with van der Waals surface area (Å²) in [6.07, 6.45) is 10.1. The first kappa shape index (κ1) is 21.8. The molecule has 0 radical (unpaired) electrons. The van der Waals surface area contributed by atoms with Crippen molar-refractivity contribution in [2.75, 3.05) is 13.1 Å². The van der Waals surface area contributed by atoms with E-state index >= 15 is 0 Å². The number of nitrogens with zero attached hydrogens (tertiary/aromatic N) is 2. The second kappa shape index (κ2) is 9.10. The molecule has 6 nitrogen and oxygen atoms in total. The fourth-order valence-corrected chi connectivity index (χ4v) is 5.88. The van der Waals surface area contributed by atoms with E-state index in [0.29, 0.717) is 19.7 Å². The predicted octanol–water partition coefficient (Wildman–Crippen LogP) is 3.83. The molecule has 1 N–H and O–H groups in total. The van der Waals surface area contributed by atoms with E-state index in [1.54, 1.807) is 19.3 Å². The number of carbonyl (C=O) groups excluding carboxylic acids is 2. The van der Waals surface area contributed by atoms with Crippen molar-refractivity contribution >= 4 is 11.8 Å². The lowest BCUT2D eigenvalue weighted by Gasteiger charge is -2.44. The maximum Gasteiger partial charge on any atom is 0.249 e. The number of hydrogen-bond acceptors (Lipinski definition) is 4. The van der Waals surface area contributed by atoms with Gasteiger partial charge in [-0.05, 0) is 60.9 Å². The van der Waals surface area contributed by atoms with Crippen LogP contribution in [0.5, 0.6) is 0 Å². The highest BCUT2D eigenvalue weighted by atomic mass is 16.5. The molecule has 2 aliphatic carbocycles. The van der Waals surface area contributed by atoms with Crippen LogP contribution in [0.15, 0.2) is 60.4 Å². The van der Waals surface area contributed by atoms with Crippen molar-refractivity contribution in [2.45, 2.75) is 63.2 Å². The topological polar surface area (TPSA) is 71.5 Å². The zero-order valence-electron chi connectivity index (χ0n) is 19.1. The summed E-state index contributed by atoms with van der Waals surface area (Å²) in [7, 11) is 0. The van der Waals surface area contributed by atoms with Crippen LogP contribution in [0.1, 0.15) is 61.8 Å². The van der Waals surface area contributed by atoms with Gasteiger partial charge in [-0.15, -0.1) is 0 Å². The van der Waals surface area contributed by atoms with E-state index in [4.69, 9.17) is 4.74 Å². The number of amides is 2. The minimum absolute atomic E-state index is 0.0647. The summed E-state index contributed by atoms with van der Waals surface area (Å²) in [5.41, 5.74) is 4.16. The number of pyridine rings is 1. The van der Waals surface area contributed by atoms with Crippen LogP contribution in [-0.2, 0) is 26.3 Å². The molecule has 1 spiro atoms. The highest BCUT2D eigenvalue weighted by Crippen LogP contribution is 2.52. The normalized spacial score (nSPS) is 23.3. The fraction of sp³-hybridized carbons (Fsp3) is 0.444. The third-order valence-corrected chi connectivity index (χ3v) is 7.48. The van der Waals surface area contributed by atoms with Crippen LogP contribution in [0, 0.1) is 0 Å². The summed E-state index contributed by atoms with van der Waals surface area (Å²) in [6.45, 7) is 3.41. The zero-order chi connectivity index (χ0) is 22.8. The summed E-state index contributed by atoms with van der Waals surface area (Å²) in [5, 5.41) is 3.17. The second-order valence-corrected chi connectivity index (χ2v) is 9.42. The number of ether oxygens (including phenoxy) is 1. The van der Waals surface area contributed by atoms with Gasteiger partial charge in [0.15, 0.2) is 0 Å². The van der Waals surface area contributed by atoms with Crippen molar-refractivity contribution in [3.05, 3.63) is 77.1 Å². The van der Waals surface area contributed by atoms with Gasteiger partial charge in [0.05, 0.1) is 18.8 Å². The van der Waals surface area contributed by atoms with Gasteiger partial charge < -0.3 is 15.0 Å². The number of benzene rings is 1. The number of allylic oxidation sites excluding steroid dienone is 1. The SMILES string of the molecule is CC(=O)N[C@@H]1c2ccccc2C2(CCN(C(=O)C3=CCCC3)CC2)[C@H]1OCc1ccncc1. The Kier molecular flexibility index (Phi) is 6.02. The first-order valence-corrected chi connectivity index (χ1v) is 11.9. The maximum absolute atomic E-state index is 13.0. The van der Waals surface area contributed by atoms with Crippen molar-refractivity contribution in [1.29, 1.82) is 0 Å². The Bertz CT molecular complexity index is 1060. The number of piperidine rings is 1. The van der Waals surface area contributed by atoms with Gasteiger partial charge in [0.25, 0.3) is 0 Å². The molecule has 0 unspecified atom stereocenters. The summed E-state index contributed by atoms with van der Waals surface area (Å²) in [4.78, 5) is 31.3. The average Bonchev–Trinajstić information content (AvgIpc) is 3.46. The van der Waals surface area contributed by atoms with Crippen LogP contribution in [0.3, 0.4) is 0 Å². The minimum Gasteiger partial charge on any atom is -0.370 e. The smallest absolute Gasteiger partial charge is 0.249 e. The van der Waals surface area contributed by atoms with Crippen molar-refractivity contribution < 1.29 is 14.3 Å². The van der Waals surface area contributed by atoms with Crippen molar-refractivity contribution in [2.24, 2.45) is 0 Å². The Labute approximate surface area is 195 Å². The Balaban J connectivity index is 1.44. The minimum atomic E-state index is -0.239. The van der Waals surface area contributed by atoms with E-state index < -0.39 is 0 Å². The Hall–Kier alpha value is -2.99. The third kappa shape index (κ3) is 4.08. The number of aromatic nitrogens is 1. The number of nitrogens with one attached hydrogen (secondary N) is 1. The molecular weight excluding hydrogens is 414 g/mol. The van der Waals surface area contributed by atoms with Crippen LogP contribution >= 0.6 is 0 Å². The number of hydrogen-bond donors (Lipinski definition) is 1. The summed E-state index contributed by atoms with van der Waals surface area (Å²) in [6, 6.07) is 12.1. The predicted molar refractivity (Wildman–Crippen MR) is 125 cm³/mol. The van der Waals surface area contributed by atoms with Crippen LogP contribution < -0.4 is 5.32 Å². The maximum atomic E-state index is 13.0. The third-order valence-electron chi connectivity index (χ3n) is 7.48. The highest BCUT2D eigenvalue weighted by Gasteiger charge is 2.54. The van der Waals surface area contributed by atoms with Crippen molar-refractivity contribution in [3.8, 4) is 0 Å². The summed E-state index contributed by atoms with van der Waals surface area (Å²) < 4.78 is 6.62. The van der Waals surface area contributed by atoms with Crippen molar-refractivity contribution in [1.82, 2.24) is 15.2 Å². The van der Waals surface area contributed by atoms with E-state index in [0.717, 1.165) is 48.8 Å². The Morgan fingerprint density at radius 2 is 1.91 bits per heavy atom. The highest BCUT2D eigenvalue weighted by molar-refractivity contribution is 5.93. The number of rotatable bonds is 5. The summed E-state index contributed by atoms with van der Waals surface area (Å²) in [5.74, 6) is 0.131. The molecule has 1 saturated heterocycles. The van der Waals surface area contributed by atoms with E-state index in [-0.39, 0.29) is 29.4 Å². The largest absolute Gasteiger partial charge is 0.370 e. The molecule has 2 heterocycles. The first-order valence-electron chi connectivity index (χ1n) is 11.9. The summed E-state index contributed by atoms with van der Waals surface area (Å²) >= 11 is 0. The van der Waals surface area contributed by atoms with Gasteiger partial charge in [0.2, 0.25) is 11.8 Å². The number of carbonyl (C=O) groups is 2. The zero-order valence-corrected chi connectivity index (χ0v) is 19.1. The van der Waals surface area contributed by atoms with Crippen LogP contribution in [0.2, 0.25) is 0 Å². The lowest BCUT2D eigenvalue weighted by molar-refractivity contribution is -0.130. The van der Waals surface area contributed by atoms with Gasteiger partial charge in [-0.1, -0.05) is 30.3 Å². The quantitative estimate of drug-likeness (QED) is 0.759. The average molecular weight is 446 g/mol. The lowest BCUT2D eigenvalue weighted by Crippen LogP contribution is -2.52. The van der Waals surface area contributed by atoms with Crippen LogP contribution in [0.4, 0.5) is 0 Å². The molecule has 2 aromatic rings. The molecule has 2 amide bonds. The molecule has 172 valence electrons. The molecule has 2 atom stereocenters. The Morgan fingerprint density at radius 3 is 2.61 bits per heavy atom. The van der Waals surface area contributed by atoms with Crippen LogP contribution in [0.25, 0.3) is 0 Å². The second-order valence-electron chi connectivity index (χ2n) is 9.42. The van der Waals surface area contributed by atoms with Gasteiger partial charge in [-0.2, -0.15) is 0 Å². The van der Waals surface area contributed by atoms with E-state index in [9.17, 15) is 9.59 Å². The molecule has 1 aromatic carbocycles. The van der Waals surface area contributed by atoms with Gasteiger partial charge in [0.1, 0.15) is 0 Å². The molecule has 1 fully saturated rings. The first-order chi connectivity index (χ1) is 16.1. The van der Waals surface area contributed by atoms with E-state index in [1.165, 1.54) is 5.56 Å². The van der Waals surface area contributed by atoms with Gasteiger partial charge in [0, 0.05) is 43.4 Å². The molecule has 3 aliphatic rings. The van der Waals surface area contributed by atoms with Crippen LogP contribution in [-0.4, -0.2) is 40.9 Å². The molecule has 0 saturated carbocycles. The Morgan fingerprint density at radius 1 is 1.15 bits per heavy atom. The molecular formula is C27H31N3O3. The molecule has 0 bridgehead atoms. The molecule has 1 aliphatic heterocycles. The van der Waals surface area contributed by atoms with E-state index in [1.807, 2.05) is 23.1 Å². The standard InChI is InChI=1S/C27H31N3O3/c1-19(31)29-24-22-8-4-5-9-23(22)27(25(24)33-18-20-10-14-28-15-11-20)12-16-30(17-13-27)26(32)21-6-2-3-7-21/h4-6,8-11,14-15,24-25H,2-3,7,12-13,16-18H2,1H3,(H,29,31)/t24-,25+/m1/s1. The van der Waals surface area contributed by atoms with Gasteiger partial charge in [-0.3, -0.25) is 14.6 Å².